The van der Waals surface area contributed by atoms with E-state index in [9.17, 15) is 9.59 Å². The molecule has 0 saturated heterocycles. The molecular formula is C14H18N2O2. The zero-order chi connectivity index (χ0) is 13.3. The molecule has 1 aromatic carbocycles. The van der Waals surface area contributed by atoms with Crippen molar-refractivity contribution in [2.45, 2.75) is 20.3 Å². The van der Waals surface area contributed by atoms with Gasteiger partial charge >= 0.3 is 0 Å². The van der Waals surface area contributed by atoms with E-state index in [4.69, 9.17) is 0 Å². The first-order chi connectivity index (χ1) is 8.47. The highest BCUT2D eigenvalue weighted by molar-refractivity contribution is 6.02. The Balaban J connectivity index is 2.17. The summed E-state index contributed by atoms with van der Waals surface area (Å²) < 4.78 is 0. The predicted molar refractivity (Wildman–Crippen MR) is 70.6 cm³/mol. The summed E-state index contributed by atoms with van der Waals surface area (Å²) in [7, 11) is 1.80. The number of rotatable bonds is 3. The van der Waals surface area contributed by atoms with Gasteiger partial charge in [0, 0.05) is 24.8 Å². The summed E-state index contributed by atoms with van der Waals surface area (Å²) >= 11 is 0. The Labute approximate surface area is 107 Å². The minimum Gasteiger partial charge on any atom is -0.341 e. The van der Waals surface area contributed by atoms with Crippen LogP contribution in [0.3, 0.4) is 0 Å². The fraction of sp³-hybridized carbons (Fsp3) is 0.429. The molecule has 96 valence electrons. The van der Waals surface area contributed by atoms with Gasteiger partial charge in [-0.15, -0.1) is 0 Å². The van der Waals surface area contributed by atoms with Gasteiger partial charge in [0.05, 0.1) is 6.42 Å². The van der Waals surface area contributed by atoms with Gasteiger partial charge in [-0.25, -0.2) is 0 Å². The van der Waals surface area contributed by atoms with E-state index in [1.807, 2.05) is 6.07 Å². The first-order valence-corrected chi connectivity index (χ1v) is 6.15. The molecule has 0 spiro atoms. The smallest absolute Gasteiger partial charge is 0.253 e. The number of benzene rings is 1. The number of anilines is 1. The number of amides is 2. The highest BCUT2D eigenvalue weighted by Gasteiger charge is 2.20. The van der Waals surface area contributed by atoms with Gasteiger partial charge in [-0.05, 0) is 23.6 Å². The monoisotopic (exact) mass is 246 g/mol. The second kappa shape index (κ2) is 4.80. The van der Waals surface area contributed by atoms with Gasteiger partial charge in [0.2, 0.25) is 5.91 Å². The van der Waals surface area contributed by atoms with Crippen LogP contribution in [0.25, 0.3) is 0 Å². The molecule has 1 aliphatic rings. The van der Waals surface area contributed by atoms with Crippen molar-refractivity contribution in [2.75, 3.05) is 18.9 Å². The molecule has 1 heterocycles. The van der Waals surface area contributed by atoms with E-state index in [-0.39, 0.29) is 11.8 Å². The summed E-state index contributed by atoms with van der Waals surface area (Å²) in [6.45, 7) is 4.88. The standard InChI is InChI=1S/C14H18N2O2/c1-9(2)8-16(3)14(18)11-5-4-10-7-13(17)15-12(10)6-11/h4-6,9H,7-8H2,1-3H3,(H,15,17). The molecule has 0 unspecified atom stereocenters. The lowest BCUT2D eigenvalue weighted by molar-refractivity contribution is -0.115. The van der Waals surface area contributed by atoms with E-state index < -0.39 is 0 Å². The molecule has 0 saturated carbocycles. The molecule has 0 bridgehead atoms. The summed E-state index contributed by atoms with van der Waals surface area (Å²) in [6.07, 6.45) is 0.408. The first kappa shape index (κ1) is 12.6. The Hall–Kier alpha value is -1.84. The molecule has 4 heteroatoms. The maximum Gasteiger partial charge on any atom is 0.253 e. The number of carbonyl (C=O) groups excluding carboxylic acids is 2. The van der Waals surface area contributed by atoms with Gasteiger partial charge in [-0.2, -0.15) is 0 Å². The molecule has 4 nitrogen and oxygen atoms in total. The average Bonchev–Trinajstić information content (AvgIpc) is 2.65. The largest absolute Gasteiger partial charge is 0.341 e. The Kier molecular flexibility index (Phi) is 3.36. The van der Waals surface area contributed by atoms with Crippen molar-refractivity contribution in [3.8, 4) is 0 Å². The molecule has 0 radical (unpaired) electrons. The highest BCUT2D eigenvalue weighted by atomic mass is 16.2. The van der Waals surface area contributed by atoms with Crippen LogP contribution in [0.2, 0.25) is 0 Å². The van der Waals surface area contributed by atoms with Gasteiger partial charge in [-0.1, -0.05) is 19.9 Å². The van der Waals surface area contributed by atoms with Gasteiger partial charge in [-0.3, -0.25) is 9.59 Å². The number of hydrogen-bond acceptors (Lipinski definition) is 2. The summed E-state index contributed by atoms with van der Waals surface area (Å²) in [6, 6.07) is 5.40. The fourth-order valence-corrected chi connectivity index (χ4v) is 2.20. The molecule has 0 aliphatic carbocycles. The van der Waals surface area contributed by atoms with Gasteiger partial charge in [0.25, 0.3) is 5.91 Å². The van der Waals surface area contributed by atoms with Gasteiger partial charge in [0.1, 0.15) is 0 Å². The van der Waals surface area contributed by atoms with Crippen LogP contribution in [-0.2, 0) is 11.2 Å². The van der Waals surface area contributed by atoms with Crippen LogP contribution < -0.4 is 5.32 Å². The van der Waals surface area contributed by atoms with Crippen LogP contribution in [0.5, 0.6) is 0 Å². The topological polar surface area (TPSA) is 49.4 Å². The number of carbonyl (C=O) groups is 2. The third-order valence-corrected chi connectivity index (χ3v) is 2.97. The molecule has 0 atom stereocenters. The normalized spacial score (nSPS) is 13.4. The van der Waals surface area contributed by atoms with E-state index in [0.29, 0.717) is 17.9 Å². The van der Waals surface area contributed by atoms with Crippen LogP contribution in [0.1, 0.15) is 29.8 Å². The van der Waals surface area contributed by atoms with E-state index in [1.54, 1.807) is 24.1 Å². The average molecular weight is 246 g/mol. The van der Waals surface area contributed by atoms with E-state index in [0.717, 1.165) is 17.8 Å². The Morgan fingerprint density at radius 2 is 2.17 bits per heavy atom. The number of nitrogens with zero attached hydrogens (tertiary/aromatic N) is 1. The highest BCUT2D eigenvalue weighted by Crippen LogP contribution is 2.24. The van der Waals surface area contributed by atoms with Crippen molar-refractivity contribution >= 4 is 17.5 Å². The van der Waals surface area contributed by atoms with E-state index in [1.165, 1.54) is 0 Å². The van der Waals surface area contributed by atoms with Crippen molar-refractivity contribution in [3.05, 3.63) is 29.3 Å². The van der Waals surface area contributed by atoms with Crippen molar-refractivity contribution in [1.82, 2.24) is 4.90 Å². The first-order valence-electron chi connectivity index (χ1n) is 6.15. The maximum atomic E-state index is 12.2. The third kappa shape index (κ3) is 2.53. The lowest BCUT2D eigenvalue weighted by atomic mass is 10.1. The Morgan fingerprint density at radius 3 is 2.83 bits per heavy atom. The van der Waals surface area contributed by atoms with Crippen molar-refractivity contribution < 1.29 is 9.59 Å². The minimum atomic E-state index is -0.00914. The molecule has 1 aromatic rings. The molecule has 1 N–H and O–H groups in total. The summed E-state index contributed by atoms with van der Waals surface area (Å²) in [5, 5.41) is 2.76. The molecule has 1 aliphatic heterocycles. The molecular weight excluding hydrogens is 228 g/mol. The second-order valence-electron chi connectivity index (χ2n) is 5.18. The van der Waals surface area contributed by atoms with Crippen LogP contribution in [0.15, 0.2) is 18.2 Å². The predicted octanol–water partition coefficient (Wildman–Crippen LogP) is 1.91. The quantitative estimate of drug-likeness (QED) is 0.885. The lowest BCUT2D eigenvalue weighted by Gasteiger charge is -2.19. The van der Waals surface area contributed by atoms with Crippen molar-refractivity contribution in [2.24, 2.45) is 5.92 Å². The molecule has 0 fully saturated rings. The lowest BCUT2D eigenvalue weighted by Crippen LogP contribution is -2.30. The molecule has 0 aromatic heterocycles. The van der Waals surface area contributed by atoms with Crippen molar-refractivity contribution in [1.29, 1.82) is 0 Å². The number of fused-ring (bicyclic) bond motifs is 1. The maximum absolute atomic E-state index is 12.2. The number of hydrogen-bond donors (Lipinski definition) is 1. The third-order valence-electron chi connectivity index (χ3n) is 2.97. The summed E-state index contributed by atoms with van der Waals surface area (Å²) in [4.78, 5) is 25.1. The van der Waals surface area contributed by atoms with Gasteiger partial charge in [0.15, 0.2) is 0 Å². The zero-order valence-electron chi connectivity index (χ0n) is 11.0. The zero-order valence-corrected chi connectivity index (χ0v) is 11.0. The minimum absolute atomic E-state index is 0.00681. The number of nitrogens with one attached hydrogen (secondary N) is 1. The van der Waals surface area contributed by atoms with E-state index >= 15 is 0 Å². The van der Waals surface area contributed by atoms with Crippen LogP contribution >= 0.6 is 0 Å². The molecule has 2 amide bonds. The second-order valence-corrected chi connectivity index (χ2v) is 5.18. The van der Waals surface area contributed by atoms with Gasteiger partial charge < -0.3 is 10.2 Å². The summed E-state index contributed by atoms with van der Waals surface area (Å²) in [5.41, 5.74) is 2.35. The van der Waals surface area contributed by atoms with Crippen LogP contribution in [-0.4, -0.2) is 30.3 Å². The molecule has 18 heavy (non-hydrogen) atoms. The SMILES string of the molecule is CC(C)CN(C)C(=O)c1ccc2c(c1)NC(=O)C2. The van der Waals surface area contributed by atoms with Crippen LogP contribution in [0.4, 0.5) is 5.69 Å². The van der Waals surface area contributed by atoms with Crippen molar-refractivity contribution in [3.63, 3.8) is 0 Å². The Morgan fingerprint density at radius 1 is 1.44 bits per heavy atom. The molecule has 2 rings (SSSR count). The summed E-state index contributed by atoms with van der Waals surface area (Å²) in [5.74, 6) is 0.422. The van der Waals surface area contributed by atoms with Crippen LogP contribution in [0, 0.1) is 5.92 Å². The Bertz CT molecular complexity index is 495. The van der Waals surface area contributed by atoms with E-state index in [2.05, 4.69) is 19.2 Å². The fourth-order valence-electron chi connectivity index (χ4n) is 2.20.